The Kier molecular flexibility index (Phi) is 7.94. The maximum Gasteiger partial charge on any atom is 0.337 e. The molecule has 0 atom stereocenters. The van der Waals surface area contributed by atoms with Gasteiger partial charge in [0, 0.05) is 0 Å². The number of aromatic carboxylic acids is 4. The smallest absolute Gasteiger partial charge is 0.337 e. The van der Waals surface area contributed by atoms with Crippen molar-refractivity contribution >= 4 is 23.9 Å². The topological polar surface area (TPSA) is 149 Å². The highest BCUT2D eigenvalue weighted by Gasteiger charge is 2.32. The molecule has 4 N–H and O–H groups in total. The third-order valence-electron chi connectivity index (χ3n) is 5.17. The zero-order valence-corrected chi connectivity index (χ0v) is 18.7. The Morgan fingerprint density at radius 2 is 0.778 bits per heavy atom. The fourth-order valence-corrected chi connectivity index (χ4v) is 3.62. The molecule has 4 aromatic rings. The highest BCUT2D eigenvalue weighted by Crippen LogP contribution is 2.32. The standard InChI is InChI=1S/C16H10O8.C12H10/c17-13(18)9-6-8(7-4-2-1-3-5-7)10(14(19)20)12(16(23)24)11(9)15(21)22;1-3-7-11(8-4-1)12-9-5-2-6-10-12/h1-6H,(H,17,18)(H,19,20)(H,21,22)(H,23,24);1-10H. The molecule has 0 spiro atoms. The van der Waals surface area contributed by atoms with E-state index in [0.717, 1.165) is 6.07 Å². The third kappa shape index (κ3) is 5.63. The van der Waals surface area contributed by atoms with Crippen LogP contribution in [0, 0.1) is 0 Å². The summed E-state index contributed by atoms with van der Waals surface area (Å²) in [5.74, 6) is -7.04. The molecule has 180 valence electrons. The highest BCUT2D eigenvalue weighted by molar-refractivity contribution is 6.16. The zero-order chi connectivity index (χ0) is 26.2. The molecular formula is C28H20O8. The average Bonchev–Trinajstić information content (AvgIpc) is 2.89. The van der Waals surface area contributed by atoms with E-state index in [0.29, 0.717) is 0 Å². The van der Waals surface area contributed by atoms with Gasteiger partial charge in [0.05, 0.1) is 22.3 Å². The molecule has 0 heterocycles. The van der Waals surface area contributed by atoms with Gasteiger partial charge >= 0.3 is 23.9 Å². The summed E-state index contributed by atoms with van der Waals surface area (Å²) in [4.78, 5) is 45.8. The van der Waals surface area contributed by atoms with Gasteiger partial charge in [0.15, 0.2) is 0 Å². The van der Waals surface area contributed by atoms with Crippen LogP contribution >= 0.6 is 0 Å². The van der Waals surface area contributed by atoms with Crippen molar-refractivity contribution in [2.75, 3.05) is 0 Å². The van der Waals surface area contributed by atoms with Crippen molar-refractivity contribution in [2.24, 2.45) is 0 Å². The number of rotatable bonds is 6. The van der Waals surface area contributed by atoms with Crippen molar-refractivity contribution in [3.63, 3.8) is 0 Å². The van der Waals surface area contributed by atoms with E-state index in [2.05, 4.69) is 48.5 Å². The van der Waals surface area contributed by atoms with Gasteiger partial charge in [0.1, 0.15) is 0 Å². The van der Waals surface area contributed by atoms with Gasteiger partial charge in [0.2, 0.25) is 0 Å². The summed E-state index contributed by atoms with van der Waals surface area (Å²) in [6.07, 6.45) is 0. The molecule has 8 nitrogen and oxygen atoms in total. The highest BCUT2D eigenvalue weighted by atomic mass is 16.4. The minimum absolute atomic E-state index is 0.192. The monoisotopic (exact) mass is 484 g/mol. The van der Waals surface area contributed by atoms with E-state index in [4.69, 9.17) is 0 Å². The second-order valence-electron chi connectivity index (χ2n) is 7.42. The van der Waals surface area contributed by atoms with E-state index in [-0.39, 0.29) is 11.1 Å². The lowest BCUT2D eigenvalue weighted by atomic mass is 9.88. The SMILES string of the molecule is O=C(O)c1cc(-c2ccccc2)c(C(=O)O)c(C(=O)O)c1C(=O)O.c1ccc(-c2ccccc2)cc1. The summed E-state index contributed by atoms with van der Waals surface area (Å²) in [5, 5.41) is 37.1. The van der Waals surface area contributed by atoms with Gasteiger partial charge in [-0.1, -0.05) is 91.0 Å². The van der Waals surface area contributed by atoms with Crippen molar-refractivity contribution < 1.29 is 39.6 Å². The van der Waals surface area contributed by atoms with Crippen molar-refractivity contribution in [2.45, 2.75) is 0 Å². The van der Waals surface area contributed by atoms with E-state index in [1.165, 1.54) is 23.3 Å². The quantitative estimate of drug-likeness (QED) is 0.280. The van der Waals surface area contributed by atoms with Crippen LogP contribution in [-0.2, 0) is 0 Å². The summed E-state index contributed by atoms with van der Waals surface area (Å²) >= 11 is 0. The Labute approximate surface area is 205 Å². The van der Waals surface area contributed by atoms with Crippen molar-refractivity contribution in [3.05, 3.63) is 119 Å². The predicted molar refractivity (Wildman–Crippen MR) is 132 cm³/mol. The lowest BCUT2D eigenvalue weighted by molar-refractivity contribution is 0.0620. The lowest BCUT2D eigenvalue weighted by Gasteiger charge is -2.14. The van der Waals surface area contributed by atoms with Crippen LogP contribution in [-0.4, -0.2) is 44.3 Å². The van der Waals surface area contributed by atoms with Crippen LogP contribution in [0.5, 0.6) is 0 Å². The summed E-state index contributed by atoms with van der Waals surface area (Å²) in [6.45, 7) is 0. The minimum Gasteiger partial charge on any atom is -0.478 e. The van der Waals surface area contributed by atoms with Gasteiger partial charge in [-0.15, -0.1) is 0 Å². The molecule has 0 aromatic heterocycles. The number of hydrogen-bond acceptors (Lipinski definition) is 4. The first-order chi connectivity index (χ1) is 17.2. The molecular weight excluding hydrogens is 464 g/mol. The van der Waals surface area contributed by atoms with Gasteiger partial charge in [-0.25, -0.2) is 19.2 Å². The molecule has 4 rings (SSSR count). The second-order valence-corrected chi connectivity index (χ2v) is 7.42. The Bertz CT molecular complexity index is 1380. The molecule has 0 saturated carbocycles. The Morgan fingerprint density at radius 3 is 1.11 bits per heavy atom. The van der Waals surface area contributed by atoms with Crippen LogP contribution in [0.15, 0.2) is 97.1 Å². The van der Waals surface area contributed by atoms with Gasteiger partial charge < -0.3 is 20.4 Å². The molecule has 0 aliphatic carbocycles. The molecule has 36 heavy (non-hydrogen) atoms. The maximum atomic E-state index is 11.6. The van der Waals surface area contributed by atoms with Crippen LogP contribution in [0.2, 0.25) is 0 Å². The van der Waals surface area contributed by atoms with E-state index in [1.807, 2.05) is 12.1 Å². The van der Waals surface area contributed by atoms with E-state index < -0.39 is 46.1 Å². The van der Waals surface area contributed by atoms with Gasteiger partial charge in [0.25, 0.3) is 0 Å². The fraction of sp³-hybridized carbons (Fsp3) is 0. The van der Waals surface area contributed by atoms with Crippen LogP contribution in [0.1, 0.15) is 41.4 Å². The van der Waals surface area contributed by atoms with Crippen LogP contribution in [0.3, 0.4) is 0 Å². The molecule has 0 aliphatic rings. The van der Waals surface area contributed by atoms with Crippen LogP contribution in [0.25, 0.3) is 22.3 Å². The molecule has 8 heteroatoms. The van der Waals surface area contributed by atoms with Crippen molar-refractivity contribution in [1.29, 1.82) is 0 Å². The van der Waals surface area contributed by atoms with E-state index in [9.17, 15) is 39.6 Å². The number of hydrogen-bond donors (Lipinski definition) is 4. The molecule has 4 aromatic carbocycles. The molecule has 0 saturated heterocycles. The lowest BCUT2D eigenvalue weighted by Crippen LogP contribution is -2.20. The maximum absolute atomic E-state index is 11.6. The Balaban J connectivity index is 0.000000249. The van der Waals surface area contributed by atoms with Crippen molar-refractivity contribution in [3.8, 4) is 22.3 Å². The van der Waals surface area contributed by atoms with Gasteiger partial charge in [-0.2, -0.15) is 0 Å². The fourth-order valence-electron chi connectivity index (χ4n) is 3.62. The molecule has 0 radical (unpaired) electrons. The zero-order valence-electron chi connectivity index (χ0n) is 18.7. The molecule has 0 unspecified atom stereocenters. The first-order valence-corrected chi connectivity index (χ1v) is 10.5. The first kappa shape index (κ1) is 25.4. The van der Waals surface area contributed by atoms with E-state index in [1.54, 1.807) is 18.2 Å². The second kappa shape index (κ2) is 11.3. The predicted octanol–water partition coefficient (Wildman–Crippen LogP) is 5.50. The van der Waals surface area contributed by atoms with E-state index >= 15 is 0 Å². The van der Waals surface area contributed by atoms with Crippen molar-refractivity contribution in [1.82, 2.24) is 0 Å². The third-order valence-corrected chi connectivity index (χ3v) is 5.17. The Hall–Kier alpha value is -5.24. The number of carbonyl (C=O) groups is 4. The average molecular weight is 484 g/mol. The molecule has 0 amide bonds. The largest absolute Gasteiger partial charge is 0.478 e. The van der Waals surface area contributed by atoms with Crippen LogP contribution < -0.4 is 0 Å². The number of carboxylic acid groups (broad SMARTS) is 4. The first-order valence-electron chi connectivity index (χ1n) is 10.5. The minimum atomic E-state index is -1.84. The summed E-state index contributed by atoms with van der Waals surface area (Å²) in [6, 6.07) is 29.3. The summed E-state index contributed by atoms with van der Waals surface area (Å²) in [5.41, 5.74) is -1.13. The Morgan fingerprint density at radius 1 is 0.417 bits per heavy atom. The summed E-state index contributed by atoms with van der Waals surface area (Å²) in [7, 11) is 0. The number of carboxylic acids is 4. The molecule has 0 aliphatic heterocycles. The van der Waals surface area contributed by atoms with Gasteiger partial charge in [-0.05, 0) is 28.3 Å². The molecule has 0 fully saturated rings. The van der Waals surface area contributed by atoms with Crippen LogP contribution in [0.4, 0.5) is 0 Å². The number of benzene rings is 4. The molecule has 0 bridgehead atoms. The normalized spacial score (nSPS) is 10.0. The van der Waals surface area contributed by atoms with Gasteiger partial charge in [-0.3, -0.25) is 0 Å². The summed E-state index contributed by atoms with van der Waals surface area (Å²) < 4.78 is 0.